The Labute approximate surface area is 172 Å². The summed E-state index contributed by atoms with van der Waals surface area (Å²) in [6.45, 7) is 7.70. The van der Waals surface area contributed by atoms with E-state index in [9.17, 15) is 14.4 Å². The zero-order valence-corrected chi connectivity index (χ0v) is 17.7. The fourth-order valence-corrected chi connectivity index (χ4v) is 4.29. The molecule has 29 heavy (non-hydrogen) atoms. The molecule has 152 valence electrons. The van der Waals surface area contributed by atoms with Crippen molar-refractivity contribution in [2.24, 2.45) is 5.73 Å². The average Bonchev–Trinajstić information content (AvgIpc) is 2.99. The summed E-state index contributed by atoms with van der Waals surface area (Å²) in [5.41, 5.74) is 7.29. The summed E-state index contributed by atoms with van der Waals surface area (Å²) >= 11 is 1.21. The number of carbonyl (C=O) groups excluding carboxylic acids is 2. The van der Waals surface area contributed by atoms with E-state index < -0.39 is 5.91 Å². The van der Waals surface area contributed by atoms with Crippen molar-refractivity contribution >= 4 is 39.1 Å². The Hall–Kier alpha value is -3.00. The lowest BCUT2D eigenvalue weighted by molar-refractivity contribution is -0.118. The zero-order chi connectivity index (χ0) is 21.3. The lowest BCUT2D eigenvalue weighted by atomic mass is 10.1. The SMILES string of the molecule is Cc1ccccc1NC(=O)c1sc2nc(C(C)C)n(CCC(N)=O)c(=O)c2c1C. The van der Waals surface area contributed by atoms with Gasteiger partial charge < -0.3 is 11.1 Å². The van der Waals surface area contributed by atoms with E-state index in [1.807, 2.05) is 45.0 Å². The van der Waals surface area contributed by atoms with E-state index in [0.717, 1.165) is 11.3 Å². The lowest BCUT2D eigenvalue weighted by Crippen LogP contribution is -2.28. The second-order valence-electron chi connectivity index (χ2n) is 7.30. The maximum absolute atomic E-state index is 13.2. The lowest BCUT2D eigenvalue weighted by Gasteiger charge is -2.14. The van der Waals surface area contributed by atoms with Gasteiger partial charge >= 0.3 is 0 Å². The van der Waals surface area contributed by atoms with Gasteiger partial charge in [0, 0.05) is 24.6 Å². The molecule has 0 bridgehead atoms. The fourth-order valence-electron chi connectivity index (χ4n) is 3.22. The van der Waals surface area contributed by atoms with Gasteiger partial charge in [0.05, 0.1) is 10.3 Å². The largest absolute Gasteiger partial charge is 0.370 e. The number of hydrogen-bond donors (Lipinski definition) is 2. The van der Waals surface area contributed by atoms with Crippen LogP contribution in [0.3, 0.4) is 0 Å². The van der Waals surface area contributed by atoms with E-state index in [2.05, 4.69) is 10.3 Å². The minimum atomic E-state index is -0.480. The summed E-state index contributed by atoms with van der Waals surface area (Å²) in [5.74, 6) is -0.191. The molecular formula is C21H24N4O3S. The molecule has 8 heteroatoms. The van der Waals surface area contributed by atoms with Crippen LogP contribution in [0.5, 0.6) is 0 Å². The molecular weight excluding hydrogens is 388 g/mol. The van der Waals surface area contributed by atoms with Gasteiger partial charge in [-0.25, -0.2) is 4.98 Å². The van der Waals surface area contributed by atoms with Crippen molar-refractivity contribution in [2.75, 3.05) is 5.32 Å². The Kier molecular flexibility index (Phi) is 5.83. The van der Waals surface area contributed by atoms with E-state index in [1.165, 1.54) is 15.9 Å². The van der Waals surface area contributed by atoms with Gasteiger partial charge in [-0.05, 0) is 31.0 Å². The van der Waals surface area contributed by atoms with E-state index in [0.29, 0.717) is 26.5 Å². The van der Waals surface area contributed by atoms with Crippen molar-refractivity contribution in [3.05, 3.63) is 56.4 Å². The molecule has 0 atom stereocenters. The summed E-state index contributed by atoms with van der Waals surface area (Å²) in [4.78, 5) is 42.9. The number of thiophene rings is 1. The van der Waals surface area contributed by atoms with Crippen LogP contribution in [-0.4, -0.2) is 21.4 Å². The summed E-state index contributed by atoms with van der Waals surface area (Å²) in [5, 5.41) is 3.33. The first-order chi connectivity index (χ1) is 13.7. The number of amides is 2. The standard InChI is InChI=1S/C21H24N4O3S/c1-11(2)18-24-20-16(21(28)25(18)10-9-15(22)26)13(4)17(29-20)19(27)23-14-8-6-5-7-12(14)3/h5-8,11H,9-10H2,1-4H3,(H2,22,26)(H,23,27). The first-order valence-corrected chi connectivity index (χ1v) is 10.2. The molecule has 2 aromatic heterocycles. The maximum atomic E-state index is 13.2. The van der Waals surface area contributed by atoms with Crippen molar-refractivity contribution in [3.8, 4) is 0 Å². The normalized spacial score (nSPS) is 11.2. The Bertz CT molecular complexity index is 1160. The number of nitrogens with one attached hydrogen (secondary N) is 1. The van der Waals surface area contributed by atoms with Crippen LogP contribution >= 0.6 is 11.3 Å². The molecule has 0 saturated heterocycles. The second-order valence-corrected chi connectivity index (χ2v) is 8.30. The molecule has 0 unspecified atom stereocenters. The summed E-state index contributed by atoms with van der Waals surface area (Å²) in [6.07, 6.45) is 0.0522. The van der Waals surface area contributed by atoms with Gasteiger partial charge in [0.15, 0.2) is 0 Å². The van der Waals surface area contributed by atoms with Gasteiger partial charge in [0.2, 0.25) is 5.91 Å². The first-order valence-electron chi connectivity index (χ1n) is 9.39. The second kappa shape index (κ2) is 8.16. The molecule has 2 amide bonds. The van der Waals surface area contributed by atoms with Crippen LogP contribution in [0, 0.1) is 13.8 Å². The summed E-state index contributed by atoms with van der Waals surface area (Å²) in [7, 11) is 0. The maximum Gasteiger partial charge on any atom is 0.266 e. The van der Waals surface area contributed by atoms with Crippen LogP contribution in [0.25, 0.3) is 10.2 Å². The number of hydrogen-bond acceptors (Lipinski definition) is 5. The molecule has 0 fully saturated rings. The van der Waals surface area contributed by atoms with Gasteiger partial charge in [-0.2, -0.15) is 0 Å². The van der Waals surface area contributed by atoms with E-state index in [-0.39, 0.29) is 30.3 Å². The number of aromatic nitrogens is 2. The van der Waals surface area contributed by atoms with Gasteiger partial charge in [0.1, 0.15) is 10.7 Å². The minimum absolute atomic E-state index is 0.0216. The molecule has 0 saturated carbocycles. The Morgan fingerprint density at radius 3 is 2.55 bits per heavy atom. The van der Waals surface area contributed by atoms with E-state index >= 15 is 0 Å². The number of para-hydroxylation sites is 1. The van der Waals surface area contributed by atoms with E-state index in [4.69, 9.17) is 5.73 Å². The first kappa shape index (κ1) is 20.7. The Morgan fingerprint density at radius 1 is 1.24 bits per heavy atom. The molecule has 3 aromatic rings. The van der Waals surface area contributed by atoms with Gasteiger partial charge in [-0.3, -0.25) is 19.0 Å². The molecule has 7 nitrogen and oxygen atoms in total. The van der Waals surface area contributed by atoms with E-state index in [1.54, 1.807) is 6.92 Å². The third-order valence-corrected chi connectivity index (χ3v) is 5.96. The van der Waals surface area contributed by atoms with Crippen LogP contribution in [0.2, 0.25) is 0 Å². The van der Waals surface area contributed by atoms with Crippen molar-refractivity contribution in [2.45, 2.75) is 46.6 Å². The highest BCUT2D eigenvalue weighted by Crippen LogP contribution is 2.29. The van der Waals surface area contributed by atoms with Crippen molar-refractivity contribution in [1.82, 2.24) is 9.55 Å². The molecule has 0 radical (unpaired) electrons. The van der Waals surface area contributed by atoms with Crippen molar-refractivity contribution < 1.29 is 9.59 Å². The molecule has 0 aliphatic rings. The molecule has 0 aliphatic carbocycles. The molecule has 3 N–H and O–H groups in total. The minimum Gasteiger partial charge on any atom is -0.370 e. The molecule has 0 spiro atoms. The Balaban J connectivity index is 2.09. The number of primary amides is 1. The highest BCUT2D eigenvalue weighted by Gasteiger charge is 2.23. The molecule has 0 aliphatic heterocycles. The molecule has 2 heterocycles. The van der Waals surface area contributed by atoms with Gasteiger partial charge in [0.25, 0.3) is 11.5 Å². The van der Waals surface area contributed by atoms with Gasteiger partial charge in [-0.1, -0.05) is 32.0 Å². The fraction of sp³-hybridized carbons (Fsp3) is 0.333. The monoisotopic (exact) mass is 412 g/mol. The van der Waals surface area contributed by atoms with Crippen LogP contribution in [0.4, 0.5) is 5.69 Å². The van der Waals surface area contributed by atoms with Gasteiger partial charge in [-0.15, -0.1) is 11.3 Å². The third-order valence-electron chi connectivity index (χ3n) is 4.78. The number of nitrogens with zero attached hydrogens (tertiary/aromatic N) is 2. The summed E-state index contributed by atoms with van der Waals surface area (Å²) in [6, 6.07) is 7.51. The smallest absolute Gasteiger partial charge is 0.266 e. The number of rotatable bonds is 6. The van der Waals surface area contributed by atoms with Crippen molar-refractivity contribution in [3.63, 3.8) is 0 Å². The highest BCUT2D eigenvalue weighted by molar-refractivity contribution is 7.20. The van der Waals surface area contributed by atoms with Crippen LogP contribution in [0.15, 0.2) is 29.1 Å². The zero-order valence-electron chi connectivity index (χ0n) is 16.9. The average molecular weight is 413 g/mol. The van der Waals surface area contributed by atoms with Crippen LogP contribution in [-0.2, 0) is 11.3 Å². The number of nitrogens with two attached hydrogens (primary N) is 1. The molecule has 3 rings (SSSR count). The highest BCUT2D eigenvalue weighted by atomic mass is 32.1. The number of anilines is 1. The number of carbonyl (C=O) groups is 2. The predicted octanol–water partition coefficient (Wildman–Crippen LogP) is 3.33. The molecule has 1 aromatic carbocycles. The number of benzene rings is 1. The van der Waals surface area contributed by atoms with Crippen LogP contribution in [0.1, 0.15) is 52.8 Å². The third kappa shape index (κ3) is 4.07. The Morgan fingerprint density at radius 2 is 1.93 bits per heavy atom. The predicted molar refractivity (Wildman–Crippen MR) is 116 cm³/mol. The van der Waals surface area contributed by atoms with Crippen LogP contribution < -0.4 is 16.6 Å². The number of fused-ring (bicyclic) bond motifs is 1. The topological polar surface area (TPSA) is 107 Å². The quantitative estimate of drug-likeness (QED) is 0.647. The summed E-state index contributed by atoms with van der Waals surface area (Å²) < 4.78 is 1.50. The number of aryl methyl sites for hydroxylation is 2. The van der Waals surface area contributed by atoms with Crippen molar-refractivity contribution in [1.29, 1.82) is 0 Å².